The van der Waals surface area contributed by atoms with E-state index in [9.17, 15) is 24.0 Å². The molecule has 1 atom stereocenters. The number of nitrogens with one attached hydrogen (secondary N) is 2. The number of ether oxygens (including phenoxy) is 2. The van der Waals surface area contributed by atoms with Crippen molar-refractivity contribution in [1.29, 1.82) is 0 Å². The van der Waals surface area contributed by atoms with Gasteiger partial charge in [0.2, 0.25) is 11.8 Å². The summed E-state index contributed by atoms with van der Waals surface area (Å²) in [7, 11) is 2.50. The van der Waals surface area contributed by atoms with Crippen LogP contribution in [0.3, 0.4) is 0 Å². The molecule has 2 N–H and O–H groups in total. The molecular weight excluding hydrogens is 564 g/mol. The maximum Gasteiger partial charge on any atom is 0.340 e. The van der Waals surface area contributed by atoms with Crippen molar-refractivity contribution in [2.45, 2.75) is 13.3 Å². The fourth-order valence-corrected chi connectivity index (χ4v) is 4.31. The molecule has 0 bridgehead atoms. The number of Topliss-reactive ketones (excluding diaryl/α,β-unsaturated/α-hetero) is 1. The van der Waals surface area contributed by atoms with Crippen LogP contribution in [0.15, 0.2) is 45.3 Å². The number of carbonyl (C=O) groups is 5. The van der Waals surface area contributed by atoms with Crippen LogP contribution < -0.4 is 10.6 Å². The molecule has 2 aromatic rings. The van der Waals surface area contributed by atoms with Crippen LogP contribution in [0.4, 0.5) is 11.4 Å². The Balaban J connectivity index is 2.09. The lowest BCUT2D eigenvalue weighted by Crippen LogP contribution is -2.32. The Labute approximate surface area is 206 Å². The van der Waals surface area contributed by atoms with E-state index in [0.29, 0.717) is 25.9 Å². The monoisotopic (exact) mass is 582 g/mol. The highest BCUT2D eigenvalue weighted by Crippen LogP contribution is 2.30. The van der Waals surface area contributed by atoms with Gasteiger partial charge in [0.1, 0.15) is 11.7 Å². The quantitative estimate of drug-likeness (QED) is 0.355. The van der Waals surface area contributed by atoms with Gasteiger partial charge in [0.05, 0.1) is 25.3 Å². The number of esters is 2. The molecule has 33 heavy (non-hydrogen) atoms. The second-order valence-electron chi connectivity index (χ2n) is 6.78. The molecule has 2 aromatic carbocycles. The third kappa shape index (κ3) is 6.96. The van der Waals surface area contributed by atoms with Crippen LogP contribution in [0.2, 0.25) is 0 Å². The normalized spacial score (nSPS) is 11.2. The maximum atomic E-state index is 12.6. The van der Waals surface area contributed by atoms with E-state index >= 15 is 0 Å². The molecule has 1 unspecified atom stereocenters. The SMILES string of the molecule is COC(=O)c1ccc(NC(=O)C(CC(=O)Nc2cc(Br)c(C(=O)OC)c(Br)c2)C(C)=O)cc1. The average Bonchev–Trinajstić information content (AvgIpc) is 2.76. The van der Waals surface area contributed by atoms with E-state index in [-0.39, 0.29) is 5.56 Å². The number of anilines is 2. The topological polar surface area (TPSA) is 128 Å². The molecule has 0 saturated carbocycles. The summed E-state index contributed by atoms with van der Waals surface area (Å²) in [6.07, 6.45) is -0.393. The number of benzene rings is 2. The van der Waals surface area contributed by atoms with Crippen LogP contribution >= 0.6 is 31.9 Å². The minimum absolute atomic E-state index is 0.245. The number of ketones is 1. The first-order valence-corrected chi connectivity index (χ1v) is 11.0. The van der Waals surface area contributed by atoms with Gasteiger partial charge in [-0.3, -0.25) is 14.4 Å². The van der Waals surface area contributed by atoms with E-state index in [4.69, 9.17) is 4.74 Å². The maximum absolute atomic E-state index is 12.6. The first-order valence-electron chi connectivity index (χ1n) is 9.44. The smallest absolute Gasteiger partial charge is 0.340 e. The van der Waals surface area contributed by atoms with Gasteiger partial charge in [-0.05, 0) is 75.2 Å². The predicted octanol–water partition coefficient (Wildman–Crippen LogP) is 3.96. The van der Waals surface area contributed by atoms with Crippen molar-refractivity contribution in [2.75, 3.05) is 24.9 Å². The van der Waals surface area contributed by atoms with Gasteiger partial charge in [0.25, 0.3) is 0 Å². The average molecular weight is 584 g/mol. The second kappa shape index (κ2) is 11.7. The fraction of sp³-hybridized carbons (Fsp3) is 0.227. The Morgan fingerprint density at radius 3 is 1.88 bits per heavy atom. The summed E-state index contributed by atoms with van der Waals surface area (Å²) < 4.78 is 10.1. The van der Waals surface area contributed by atoms with Crippen LogP contribution in [0.1, 0.15) is 34.1 Å². The molecule has 174 valence electrons. The molecule has 0 saturated heterocycles. The van der Waals surface area contributed by atoms with E-state index < -0.39 is 41.9 Å². The van der Waals surface area contributed by atoms with E-state index in [1.807, 2.05) is 0 Å². The largest absolute Gasteiger partial charge is 0.465 e. The summed E-state index contributed by atoms with van der Waals surface area (Å²) in [4.78, 5) is 60.5. The first-order chi connectivity index (χ1) is 15.6. The number of methoxy groups -OCH3 is 2. The summed E-state index contributed by atoms with van der Waals surface area (Å²) in [6, 6.07) is 8.90. The lowest BCUT2D eigenvalue weighted by molar-refractivity contribution is -0.133. The summed E-state index contributed by atoms with van der Waals surface area (Å²) >= 11 is 6.51. The van der Waals surface area contributed by atoms with Crippen molar-refractivity contribution in [3.05, 3.63) is 56.5 Å². The minimum Gasteiger partial charge on any atom is -0.465 e. The lowest BCUT2D eigenvalue weighted by atomic mass is 9.99. The summed E-state index contributed by atoms with van der Waals surface area (Å²) in [5.41, 5.74) is 1.24. The second-order valence-corrected chi connectivity index (χ2v) is 8.49. The molecule has 11 heteroatoms. The van der Waals surface area contributed by atoms with Crippen molar-refractivity contribution < 1.29 is 33.4 Å². The van der Waals surface area contributed by atoms with Crippen LogP contribution in [0.25, 0.3) is 0 Å². The number of hydrogen-bond donors (Lipinski definition) is 2. The van der Waals surface area contributed by atoms with Gasteiger partial charge in [-0.2, -0.15) is 0 Å². The van der Waals surface area contributed by atoms with Crippen LogP contribution in [0.5, 0.6) is 0 Å². The standard InChI is InChI=1S/C22H20Br2N2O7/c1-11(27)15(20(29)26-13-6-4-12(5-7-13)21(30)32-2)10-18(28)25-14-8-16(23)19(17(24)9-14)22(31)33-3/h4-9,15H,10H2,1-3H3,(H,25,28)(H,26,29). The molecule has 0 aliphatic carbocycles. The van der Waals surface area contributed by atoms with Crippen molar-refractivity contribution in [1.82, 2.24) is 0 Å². The fourth-order valence-electron chi connectivity index (χ4n) is 2.80. The molecule has 0 aliphatic rings. The van der Waals surface area contributed by atoms with Gasteiger partial charge < -0.3 is 20.1 Å². The van der Waals surface area contributed by atoms with Gasteiger partial charge in [0, 0.05) is 26.7 Å². The summed E-state index contributed by atoms with van der Waals surface area (Å²) in [5.74, 6) is -4.05. The lowest BCUT2D eigenvalue weighted by Gasteiger charge is -2.15. The Hall–Kier alpha value is -3.05. The Morgan fingerprint density at radius 1 is 0.848 bits per heavy atom. The molecule has 0 aromatic heterocycles. The van der Waals surface area contributed by atoms with Gasteiger partial charge in [0.15, 0.2) is 0 Å². The third-order valence-electron chi connectivity index (χ3n) is 4.49. The zero-order valence-electron chi connectivity index (χ0n) is 17.9. The van der Waals surface area contributed by atoms with Crippen LogP contribution in [-0.4, -0.2) is 43.8 Å². The van der Waals surface area contributed by atoms with Gasteiger partial charge >= 0.3 is 11.9 Å². The summed E-state index contributed by atoms with van der Waals surface area (Å²) in [5, 5.41) is 5.17. The molecule has 9 nitrogen and oxygen atoms in total. The Morgan fingerprint density at radius 2 is 1.39 bits per heavy atom. The molecule has 2 amide bonds. The minimum atomic E-state index is -1.23. The van der Waals surface area contributed by atoms with E-state index in [0.717, 1.165) is 0 Å². The molecule has 0 spiro atoms. The number of rotatable bonds is 8. The van der Waals surface area contributed by atoms with Crippen molar-refractivity contribution in [2.24, 2.45) is 5.92 Å². The number of carbonyl (C=O) groups excluding carboxylic acids is 5. The number of amides is 2. The third-order valence-corrected chi connectivity index (χ3v) is 5.74. The van der Waals surface area contributed by atoms with Crippen molar-refractivity contribution in [3.63, 3.8) is 0 Å². The highest BCUT2D eigenvalue weighted by molar-refractivity contribution is 9.11. The van der Waals surface area contributed by atoms with Gasteiger partial charge in [-0.25, -0.2) is 9.59 Å². The van der Waals surface area contributed by atoms with Crippen molar-refractivity contribution >= 4 is 72.8 Å². The predicted molar refractivity (Wildman–Crippen MR) is 127 cm³/mol. The molecular formula is C22H20Br2N2O7. The van der Waals surface area contributed by atoms with E-state index in [2.05, 4.69) is 47.2 Å². The number of hydrogen-bond acceptors (Lipinski definition) is 7. The molecule has 0 fully saturated rings. The first kappa shape index (κ1) is 26.2. The van der Waals surface area contributed by atoms with Crippen LogP contribution in [-0.2, 0) is 23.9 Å². The van der Waals surface area contributed by atoms with Crippen LogP contribution in [0, 0.1) is 5.92 Å². The molecule has 2 rings (SSSR count). The Bertz CT molecular complexity index is 1080. The molecule has 0 aliphatic heterocycles. The highest BCUT2D eigenvalue weighted by Gasteiger charge is 2.27. The van der Waals surface area contributed by atoms with E-state index in [1.165, 1.54) is 57.5 Å². The zero-order chi connectivity index (χ0) is 24.7. The van der Waals surface area contributed by atoms with Gasteiger partial charge in [-0.15, -0.1) is 0 Å². The molecule has 0 radical (unpaired) electrons. The zero-order valence-corrected chi connectivity index (χ0v) is 21.0. The van der Waals surface area contributed by atoms with Gasteiger partial charge in [-0.1, -0.05) is 0 Å². The molecule has 0 heterocycles. The summed E-state index contributed by atoms with van der Waals surface area (Å²) in [6.45, 7) is 1.22. The number of halogens is 2. The highest BCUT2D eigenvalue weighted by atomic mass is 79.9. The van der Waals surface area contributed by atoms with E-state index in [1.54, 1.807) is 0 Å². The van der Waals surface area contributed by atoms with Crippen molar-refractivity contribution in [3.8, 4) is 0 Å². The Kier molecular flexibility index (Phi) is 9.30.